The fourth-order valence-corrected chi connectivity index (χ4v) is 5.38. The standard InChI is InChI=1S/C29H28N4O3/c1-12-7-25-18-8-26(34)36-29(35)27-17(6)24(33-28(18)27)11-23-16(5)15(4)22(32-23)10-21-14(3)13(2)20(31-21)9-19(12)30-25/h9-12,31-32H,7-8H2,1-6H3. The number of rotatable bonds is 0. The SMILES string of the molecule is CC1=C2C(=O)OC(=O)Cc3c4nc(cc5[nH]c(cc6[nH]c(cc1nc32)c(C)c6C)c(C)c5C)C(C)C4. The molecule has 1 atom stereocenters. The molecule has 0 radical (unpaired) electrons. The quantitative estimate of drug-likeness (QED) is 0.329. The number of fused-ring (bicyclic) bond motifs is 8. The number of carbonyl (C=O) groups excluding carboxylic acids is 2. The molecule has 6 rings (SSSR count). The molecule has 7 nitrogen and oxygen atoms in total. The number of ether oxygens (including phenoxy) is 1. The molecule has 1 unspecified atom stereocenters. The molecule has 3 aromatic heterocycles. The topological polar surface area (TPSA) is 101 Å². The van der Waals surface area contributed by atoms with Gasteiger partial charge in [0.25, 0.3) is 0 Å². The van der Waals surface area contributed by atoms with Gasteiger partial charge < -0.3 is 14.7 Å². The summed E-state index contributed by atoms with van der Waals surface area (Å²) in [4.78, 5) is 42.5. The van der Waals surface area contributed by atoms with E-state index in [2.05, 4.69) is 56.7 Å². The first-order valence-corrected chi connectivity index (χ1v) is 12.3. The van der Waals surface area contributed by atoms with Crippen LogP contribution in [0, 0.1) is 27.7 Å². The summed E-state index contributed by atoms with van der Waals surface area (Å²) < 4.78 is 5.15. The summed E-state index contributed by atoms with van der Waals surface area (Å²) in [6.45, 7) is 12.4. The lowest BCUT2D eigenvalue weighted by Crippen LogP contribution is -2.11. The maximum absolute atomic E-state index is 12.9. The van der Waals surface area contributed by atoms with Crippen LogP contribution in [-0.4, -0.2) is 31.9 Å². The Morgan fingerprint density at radius 2 is 1.42 bits per heavy atom. The first-order valence-electron chi connectivity index (χ1n) is 12.3. The molecule has 0 saturated heterocycles. The Hall–Kier alpha value is -4.00. The Kier molecular flexibility index (Phi) is 4.84. The summed E-state index contributed by atoms with van der Waals surface area (Å²) in [5.41, 5.74) is 13.3. The largest absolute Gasteiger partial charge is 0.389 e. The molecule has 7 heteroatoms. The van der Waals surface area contributed by atoms with Gasteiger partial charge in [-0.15, -0.1) is 0 Å². The van der Waals surface area contributed by atoms with E-state index in [4.69, 9.17) is 14.7 Å². The Morgan fingerprint density at radius 1 is 0.833 bits per heavy atom. The number of nitrogens with zero attached hydrogens (tertiary/aromatic N) is 2. The number of hydrogen-bond donors (Lipinski definition) is 2. The summed E-state index contributed by atoms with van der Waals surface area (Å²) >= 11 is 0. The van der Waals surface area contributed by atoms with Crippen LogP contribution in [0.2, 0.25) is 0 Å². The second-order valence-corrected chi connectivity index (χ2v) is 10.2. The molecule has 8 bridgehead atoms. The Bertz CT molecular complexity index is 1720. The highest BCUT2D eigenvalue weighted by molar-refractivity contribution is 6.28. The van der Waals surface area contributed by atoms with E-state index in [9.17, 15) is 9.59 Å². The normalized spacial score (nSPS) is 17.4. The van der Waals surface area contributed by atoms with Gasteiger partial charge in [0.05, 0.1) is 23.4 Å². The monoisotopic (exact) mass is 480 g/mol. The summed E-state index contributed by atoms with van der Waals surface area (Å²) in [6, 6.07) is 6.23. The molecule has 6 heterocycles. The average Bonchev–Trinajstić information content (AvgIpc) is 3.48. The van der Waals surface area contributed by atoms with Crippen molar-refractivity contribution in [2.75, 3.05) is 0 Å². The van der Waals surface area contributed by atoms with E-state index in [1.54, 1.807) is 0 Å². The molecule has 0 aliphatic carbocycles. The number of aromatic amines is 2. The smallest absolute Gasteiger partial charge is 0.348 e. The molecule has 36 heavy (non-hydrogen) atoms. The number of aryl methyl sites for hydroxylation is 4. The van der Waals surface area contributed by atoms with Gasteiger partial charge in [0, 0.05) is 44.9 Å². The van der Waals surface area contributed by atoms with Crippen molar-refractivity contribution in [3.63, 3.8) is 0 Å². The molecular formula is C29H28N4O3. The summed E-state index contributed by atoms with van der Waals surface area (Å²) in [7, 11) is 0. The molecule has 182 valence electrons. The van der Waals surface area contributed by atoms with Gasteiger partial charge in [-0.2, -0.15) is 0 Å². The third kappa shape index (κ3) is 3.26. The molecule has 3 aliphatic rings. The van der Waals surface area contributed by atoms with E-state index < -0.39 is 11.9 Å². The molecule has 0 saturated carbocycles. The van der Waals surface area contributed by atoms with E-state index in [1.165, 1.54) is 11.1 Å². The highest BCUT2D eigenvalue weighted by atomic mass is 16.6. The van der Waals surface area contributed by atoms with Gasteiger partial charge in [-0.25, -0.2) is 9.78 Å². The highest BCUT2D eigenvalue weighted by Crippen LogP contribution is 2.37. The second-order valence-electron chi connectivity index (χ2n) is 10.2. The van der Waals surface area contributed by atoms with Crippen molar-refractivity contribution in [3.05, 3.63) is 68.8 Å². The van der Waals surface area contributed by atoms with Crippen LogP contribution in [-0.2, 0) is 27.2 Å². The van der Waals surface area contributed by atoms with Crippen molar-refractivity contribution in [2.45, 2.75) is 60.3 Å². The summed E-state index contributed by atoms with van der Waals surface area (Å²) in [5, 5.41) is 0. The van der Waals surface area contributed by atoms with Crippen LogP contribution in [0.4, 0.5) is 0 Å². The van der Waals surface area contributed by atoms with Crippen molar-refractivity contribution in [2.24, 2.45) is 0 Å². The van der Waals surface area contributed by atoms with Gasteiger partial charge in [0.1, 0.15) is 0 Å². The molecule has 0 aromatic carbocycles. The van der Waals surface area contributed by atoms with Gasteiger partial charge in [-0.05, 0) is 87.1 Å². The number of carbonyl (C=O) groups is 2. The van der Waals surface area contributed by atoms with Crippen molar-refractivity contribution in [3.8, 4) is 0 Å². The maximum atomic E-state index is 12.9. The number of nitrogens with one attached hydrogen (secondary N) is 2. The minimum absolute atomic E-state index is 0.0298. The van der Waals surface area contributed by atoms with Gasteiger partial charge in [0.2, 0.25) is 0 Å². The van der Waals surface area contributed by atoms with Crippen molar-refractivity contribution in [1.29, 1.82) is 0 Å². The van der Waals surface area contributed by atoms with Crippen LogP contribution in [0.15, 0.2) is 18.2 Å². The number of allylic oxidation sites excluding steroid dienone is 1. The van der Waals surface area contributed by atoms with Crippen LogP contribution < -0.4 is 0 Å². The second kappa shape index (κ2) is 7.75. The molecule has 0 fully saturated rings. The predicted octanol–water partition coefficient (Wildman–Crippen LogP) is 5.45. The average molecular weight is 481 g/mol. The van der Waals surface area contributed by atoms with E-state index in [0.717, 1.165) is 44.6 Å². The van der Waals surface area contributed by atoms with E-state index >= 15 is 0 Å². The van der Waals surface area contributed by atoms with E-state index in [-0.39, 0.29) is 12.3 Å². The third-order valence-electron chi connectivity index (χ3n) is 8.00. The van der Waals surface area contributed by atoms with Gasteiger partial charge in [-0.3, -0.25) is 9.78 Å². The maximum Gasteiger partial charge on any atom is 0.348 e. The fraction of sp³-hybridized carbons (Fsp3) is 0.310. The van der Waals surface area contributed by atoms with Crippen LogP contribution >= 0.6 is 0 Å². The van der Waals surface area contributed by atoms with Crippen molar-refractivity contribution < 1.29 is 14.3 Å². The number of cyclic esters (lactones) is 2. The van der Waals surface area contributed by atoms with Crippen molar-refractivity contribution >= 4 is 45.2 Å². The number of esters is 2. The number of aromatic nitrogens is 4. The van der Waals surface area contributed by atoms with E-state index in [0.29, 0.717) is 34.5 Å². The molecule has 0 spiro atoms. The van der Waals surface area contributed by atoms with Crippen molar-refractivity contribution in [1.82, 2.24) is 19.9 Å². The summed E-state index contributed by atoms with van der Waals surface area (Å²) in [6.07, 6.45) is 0.640. The first-order chi connectivity index (χ1) is 17.1. The van der Waals surface area contributed by atoms with Crippen LogP contribution in [0.3, 0.4) is 0 Å². The molecule has 3 aliphatic heterocycles. The first kappa shape index (κ1) is 22.5. The summed E-state index contributed by atoms with van der Waals surface area (Å²) in [5.74, 6) is -1.06. The zero-order valence-corrected chi connectivity index (χ0v) is 21.3. The number of hydrogen-bond acceptors (Lipinski definition) is 5. The molecule has 0 amide bonds. The highest BCUT2D eigenvalue weighted by Gasteiger charge is 2.34. The molecular weight excluding hydrogens is 452 g/mol. The van der Waals surface area contributed by atoms with Crippen LogP contribution in [0.1, 0.15) is 70.4 Å². The fourth-order valence-electron chi connectivity index (χ4n) is 5.38. The zero-order valence-electron chi connectivity index (χ0n) is 21.3. The minimum atomic E-state index is -0.645. The number of H-pyrrole nitrogens is 2. The van der Waals surface area contributed by atoms with Gasteiger partial charge >= 0.3 is 11.9 Å². The minimum Gasteiger partial charge on any atom is -0.389 e. The van der Waals surface area contributed by atoms with Crippen LogP contribution in [0.25, 0.3) is 33.2 Å². The Balaban J connectivity index is 1.82. The molecule has 2 N–H and O–H groups in total. The predicted molar refractivity (Wildman–Crippen MR) is 139 cm³/mol. The lowest BCUT2D eigenvalue weighted by Gasteiger charge is -2.02. The van der Waals surface area contributed by atoms with Crippen LogP contribution in [0.5, 0.6) is 0 Å². The Labute approximate surface area is 208 Å². The van der Waals surface area contributed by atoms with Gasteiger partial charge in [-0.1, -0.05) is 6.92 Å². The lowest BCUT2D eigenvalue weighted by atomic mass is 9.97. The van der Waals surface area contributed by atoms with Gasteiger partial charge in [0.15, 0.2) is 0 Å². The van der Waals surface area contributed by atoms with E-state index in [1.807, 2.05) is 13.0 Å². The Morgan fingerprint density at radius 3 is 2.06 bits per heavy atom. The molecule has 3 aromatic rings. The zero-order chi connectivity index (χ0) is 25.5. The lowest BCUT2D eigenvalue weighted by molar-refractivity contribution is -0.154. The third-order valence-corrected chi connectivity index (χ3v) is 8.00.